The van der Waals surface area contributed by atoms with E-state index in [-0.39, 0.29) is 17.7 Å². The van der Waals surface area contributed by atoms with Crippen LogP contribution in [0, 0.1) is 5.82 Å². The van der Waals surface area contributed by atoms with Crippen LogP contribution >= 0.6 is 11.6 Å². The third-order valence-corrected chi connectivity index (χ3v) is 5.52. The molecule has 1 unspecified atom stereocenters. The van der Waals surface area contributed by atoms with Crippen LogP contribution in [0.25, 0.3) is 17.0 Å². The van der Waals surface area contributed by atoms with Gasteiger partial charge in [-0.25, -0.2) is 9.18 Å². The van der Waals surface area contributed by atoms with E-state index >= 15 is 0 Å². The van der Waals surface area contributed by atoms with Gasteiger partial charge in [-0.2, -0.15) is 4.98 Å². The van der Waals surface area contributed by atoms with E-state index in [0.29, 0.717) is 41.4 Å². The predicted octanol–water partition coefficient (Wildman–Crippen LogP) is 5.06. The number of amides is 2. The van der Waals surface area contributed by atoms with E-state index in [1.54, 1.807) is 36.3 Å². The molecule has 2 heterocycles. The van der Waals surface area contributed by atoms with Crippen molar-refractivity contribution in [3.63, 3.8) is 0 Å². The lowest BCUT2D eigenvalue weighted by molar-refractivity contribution is 0.174. The first-order valence-corrected chi connectivity index (χ1v) is 10.5. The van der Waals surface area contributed by atoms with Crippen LogP contribution in [-0.2, 0) is 4.74 Å². The summed E-state index contributed by atoms with van der Waals surface area (Å²) in [6, 6.07) is 12.4. The summed E-state index contributed by atoms with van der Waals surface area (Å²) in [6.07, 6.45) is 0.665. The second kappa shape index (κ2) is 9.50. The molecule has 0 saturated carbocycles. The predicted molar refractivity (Wildman–Crippen MR) is 118 cm³/mol. The number of halogens is 2. The Hall–Kier alpha value is -3.23. The van der Waals surface area contributed by atoms with Gasteiger partial charge in [0.05, 0.1) is 11.6 Å². The Balaban J connectivity index is 1.77. The Labute approximate surface area is 189 Å². The number of aromatic nitrogens is 2. The topological polar surface area (TPSA) is 80.5 Å². The lowest BCUT2D eigenvalue weighted by atomic mass is 9.94. The number of nitrogens with zero attached hydrogens (tertiary/aromatic N) is 3. The zero-order chi connectivity index (χ0) is 22.7. The maximum atomic E-state index is 13.7. The number of hydrogen-bond acceptors (Lipinski definition) is 5. The summed E-state index contributed by atoms with van der Waals surface area (Å²) in [7, 11) is 1.62. The van der Waals surface area contributed by atoms with Gasteiger partial charge in [-0.3, -0.25) is 4.90 Å². The summed E-state index contributed by atoms with van der Waals surface area (Å²) in [5.41, 5.74) is 2.68. The lowest BCUT2D eigenvalue weighted by Gasteiger charge is -2.35. The van der Waals surface area contributed by atoms with Crippen LogP contribution in [0.4, 0.5) is 9.18 Å². The normalized spacial score (nSPS) is 16.4. The van der Waals surface area contributed by atoms with E-state index in [0.717, 1.165) is 5.56 Å². The number of methoxy groups -OCH3 is 1. The van der Waals surface area contributed by atoms with E-state index in [1.807, 2.05) is 19.1 Å². The fourth-order valence-electron chi connectivity index (χ4n) is 3.68. The van der Waals surface area contributed by atoms with Crippen LogP contribution in [-0.4, -0.2) is 41.3 Å². The standard InChI is InChI=1S/C23H22ClFN4O3/c1-14-19(22-27-21(28-32-22)16-5-3-6-18(25)13-16)20(15-7-9-17(24)10-8-15)26-23(30)29(14)11-4-12-31-2/h3,5-10,13,20H,4,11-12H2,1-2H3,(H,26,30). The highest BCUT2D eigenvalue weighted by atomic mass is 35.5. The molecule has 0 bridgehead atoms. The van der Waals surface area contributed by atoms with Gasteiger partial charge in [0.15, 0.2) is 0 Å². The summed E-state index contributed by atoms with van der Waals surface area (Å²) in [5.74, 6) is 0.119. The third-order valence-electron chi connectivity index (χ3n) is 5.27. The molecule has 1 atom stereocenters. The molecule has 0 spiro atoms. The van der Waals surface area contributed by atoms with Gasteiger partial charge in [-0.1, -0.05) is 41.0 Å². The fraction of sp³-hybridized carbons (Fsp3) is 0.261. The molecule has 0 saturated heterocycles. The average Bonchev–Trinajstić information content (AvgIpc) is 3.26. The van der Waals surface area contributed by atoms with Crippen molar-refractivity contribution in [3.05, 3.63) is 76.5 Å². The summed E-state index contributed by atoms with van der Waals surface area (Å²) < 4.78 is 24.4. The minimum Gasteiger partial charge on any atom is -0.385 e. The van der Waals surface area contributed by atoms with Crippen LogP contribution in [0.15, 0.2) is 58.8 Å². The van der Waals surface area contributed by atoms with Crippen molar-refractivity contribution in [1.29, 1.82) is 0 Å². The Morgan fingerprint density at radius 3 is 2.75 bits per heavy atom. The molecule has 1 aromatic heterocycles. The summed E-state index contributed by atoms with van der Waals surface area (Å²) >= 11 is 6.05. The van der Waals surface area contributed by atoms with Crippen LogP contribution in [0.2, 0.25) is 5.02 Å². The Bertz CT molecular complexity index is 1150. The maximum Gasteiger partial charge on any atom is 0.322 e. The molecule has 0 fully saturated rings. The first-order chi connectivity index (χ1) is 15.5. The van der Waals surface area contributed by atoms with Gasteiger partial charge in [0, 0.05) is 36.5 Å². The number of urea groups is 1. The van der Waals surface area contributed by atoms with Gasteiger partial charge < -0.3 is 14.6 Å². The largest absolute Gasteiger partial charge is 0.385 e. The van der Waals surface area contributed by atoms with Crippen LogP contribution in [0.3, 0.4) is 0 Å². The monoisotopic (exact) mass is 456 g/mol. The van der Waals surface area contributed by atoms with E-state index in [9.17, 15) is 9.18 Å². The molecule has 0 aliphatic carbocycles. The molecular weight excluding hydrogens is 435 g/mol. The SMILES string of the molecule is COCCCN1C(=O)NC(c2ccc(Cl)cc2)C(c2nc(-c3cccc(F)c3)no2)=C1C. The van der Waals surface area contributed by atoms with Crippen molar-refractivity contribution >= 4 is 23.2 Å². The van der Waals surface area contributed by atoms with Gasteiger partial charge in [0.1, 0.15) is 5.82 Å². The third kappa shape index (κ3) is 4.51. The first kappa shape index (κ1) is 22.0. The van der Waals surface area contributed by atoms with E-state index in [1.165, 1.54) is 12.1 Å². The highest BCUT2D eigenvalue weighted by Crippen LogP contribution is 2.37. The molecule has 4 rings (SSSR count). The van der Waals surface area contributed by atoms with Gasteiger partial charge in [0.25, 0.3) is 5.89 Å². The molecule has 0 radical (unpaired) electrons. The molecular formula is C23H22ClFN4O3. The molecule has 32 heavy (non-hydrogen) atoms. The molecule has 2 aromatic carbocycles. The number of rotatable bonds is 7. The number of carbonyl (C=O) groups excluding carboxylic acids is 1. The van der Waals surface area contributed by atoms with Gasteiger partial charge >= 0.3 is 6.03 Å². The minimum atomic E-state index is -0.515. The molecule has 9 heteroatoms. The number of allylic oxidation sites excluding steroid dienone is 1. The summed E-state index contributed by atoms with van der Waals surface area (Å²) in [5, 5.41) is 7.65. The first-order valence-electron chi connectivity index (χ1n) is 10.1. The van der Waals surface area contributed by atoms with E-state index < -0.39 is 11.9 Å². The Kier molecular flexibility index (Phi) is 6.53. The molecule has 2 amide bonds. The number of nitrogens with one attached hydrogen (secondary N) is 1. The Morgan fingerprint density at radius 1 is 1.25 bits per heavy atom. The molecule has 3 aromatic rings. The minimum absolute atomic E-state index is 0.229. The van der Waals surface area contributed by atoms with E-state index in [4.69, 9.17) is 20.9 Å². The summed E-state index contributed by atoms with van der Waals surface area (Å²) in [4.78, 5) is 19.0. The lowest BCUT2D eigenvalue weighted by Crippen LogP contribution is -2.46. The van der Waals surface area contributed by atoms with Crippen molar-refractivity contribution in [2.75, 3.05) is 20.3 Å². The second-order valence-electron chi connectivity index (χ2n) is 7.36. The van der Waals surface area contributed by atoms with Gasteiger partial charge in [0.2, 0.25) is 5.82 Å². The number of benzene rings is 2. The second-order valence-corrected chi connectivity index (χ2v) is 7.80. The highest BCUT2D eigenvalue weighted by molar-refractivity contribution is 6.30. The molecule has 1 aliphatic rings. The van der Waals surface area contributed by atoms with Crippen molar-refractivity contribution in [2.24, 2.45) is 0 Å². The van der Waals surface area contributed by atoms with Gasteiger partial charge in [-0.15, -0.1) is 0 Å². The molecule has 7 nitrogen and oxygen atoms in total. The molecule has 166 valence electrons. The summed E-state index contributed by atoms with van der Waals surface area (Å²) in [6.45, 7) is 2.83. The van der Waals surface area contributed by atoms with Crippen molar-refractivity contribution < 1.29 is 18.4 Å². The quantitative estimate of drug-likeness (QED) is 0.502. The smallest absolute Gasteiger partial charge is 0.322 e. The van der Waals surface area contributed by atoms with Crippen LogP contribution < -0.4 is 5.32 Å². The molecule has 1 aliphatic heterocycles. The average molecular weight is 457 g/mol. The van der Waals surface area contributed by atoms with Crippen molar-refractivity contribution in [2.45, 2.75) is 19.4 Å². The molecule has 1 N–H and O–H groups in total. The van der Waals surface area contributed by atoms with Crippen LogP contribution in [0.5, 0.6) is 0 Å². The maximum absolute atomic E-state index is 13.7. The zero-order valence-electron chi connectivity index (χ0n) is 17.6. The fourth-order valence-corrected chi connectivity index (χ4v) is 3.80. The Morgan fingerprint density at radius 2 is 2.03 bits per heavy atom. The number of ether oxygens (including phenoxy) is 1. The van der Waals surface area contributed by atoms with Crippen LogP contribution in [0.1, 0.15) is 30.8 Å². The number of hydrogen-bond donors (Lipinski definition) is 1. The van der Waals surface area contributed by atoms with Crippen molar-refractivity contribution in [3.8, 4) is 11.4 Å². The zero-order valence-corrected chi connectivity index (χ0v) is 18.4. The van der Waals surface area contributed by atoms with Gasteiger partial charge in [-0.05, 0) is 43.2 Å². The van der Waals surface area contributed by atoms with E-state index in [2.05, 4.69) is 15.5 Å². The highest BCUT2D eigenvalue weighted by Gasteiger charge is 2.35. The van der Waals surface area contributed by atoms with Crippen molar-refractivity contribution in [1.82, 2.24) is 20.4 Å². The number of carbonyl (C=O) groups is 1.